The van der Waals surface area contributed by atoms with Crippen molar-refractivity contribution in [3.05, 3.63) is 29.8 Å². The Morgan fingerprint density at radius 3 is 1.88 bits per heavy atom. The number of benzene rings is 1. The van der Waals surface area contributed by atoms with E-state index in [-0.39, 0.29) is 0 Å². The normalized spacial score (nSPS) is 12.5. The Bertz CT molecular complexity index is 405. The van der Waals surface area contributed by atoms with Gasteiger partial charge >= 0.3 is 5.97 Å². The Morgan fingerprint density at radius 1 is 1.06 bits per heavy atom. The number of hydrogen-bond donors (Lipinski definition) is 1. The van der Waals surface area contributed by atoms with Gasteiger partial charge in [-0.25, -0.2) is 4.79 Å². The molecule has 0 saturated heterocycles. The van der Waals surface area contributed by atoms with Crippen LogP contribution in [-0.4, -0.2) is 27.7 Å². The molecule has 0 unspecified atom stereocenters. The van der Waals surface area contributed by atoms with Crippen molar-refractivity contribution in [2.45, 2.75) is 32.7 Å². The van der Waals surface area contributed by atoms with Crippen LogP contribution >= 0.6 is 0 Å². The zero-order chi connectivity index (χ0) is 13.3. The lowest BCUT2D eigenvalue weighted by molar-refractivity contribution is 0.0697. The molecule has 0 atom stereocenters. The van der Waals surface area contributed by atoms with Gasteiger partial charge in [-0.15, -0.1) is 0 Å². The SMILES string of the molecule is C[Si](C)(C)O[Si](C)(C)c1ccc(C(=O)O)cc1. The van der Waals surface area contributed by atoms with Gasteiger partial charge in [-0.1, -0.05) is 12.1 Å². The van der Waals surface area contributed by atoms with Gasteiger partial charge < -0.3 is 9.22 Å². The van der Waals surface area contributed by atoms with Crippen LogP contribution in [0.1, 0.15) is 10.4 Å². The molecule has 0 bridgehead atoms. The molecule has 3 nitrogen and oxygen atoms in total. The number of rotatable bonds is 4. The monoisotopic (exact) mass is 268 g/mol. The molecule has 0 heterocycles. The number of aromatic carboxylic acids is 1. The average molecular weight is 268 g/mol. The van der Waals surface area contributed by atoms with Crippen molar-refractivity contribution in [3.8, 4) is 0 Å². The maximum Gasteiger partial charge on any atom is 0.335 e. The fourth-order valence-corrected chi connectivity index (χ4v) is 9.40. The Morgan fingerprint density at radius 2 is 1.53 bits per heavy atom. The van der Waals surface area contributed by atoms with Crippen molar-refractivity contribution < 1.29 is 14.0 Å². The first kappa shape index (κ1) is 14.1. The quantitative estimate of drug-likeness (QED) is 0.854. The molecule has 0 aliphatic heterocycles. The molecule has 0 fully saturated rings. The molecule has 0 spiro atoms. The van der Waals surface area contributed by atoms with Crippen LogP contribution in [0, 0.1) is 0 Å². The van der Waals surface area contributed by atoms with E-state index in [0.717, 1.165) is 5.19 Å². The largest absolute Gasteiger partial charge is 0.478 e. The summed E-state index contributed by atoms with van der Waals surface area (Å²) < 4.78 is 6.24. The topological polar surface area (TPSA) is 46.5 Å². The van der Waals surface area contributed by atoms with E-state index in [4.69, 9.17) is 9.22 Å². The summed E-state index contributed by atoms with van der Waals surface area (Å²) in [6, 6.07) is 7.08. The van der Waals surface area contributed by atoms with E-state index in [1.807, 2.05) is 12.1 Å². The standard InChI is InChI=1S/C12H20O3Si2/c1-16(2,3)15-17(4,5)11-8-6-10(7-9-11)12(13)14/h6-9H,1-5H3,(H,13,14). The Labute approximate surface area is 105 Å². The fraction of sp³-hybridized carbons (Fsp3) is 0.417. The summed E-state index contributed by atoms with van der Waals surface area (Å²) in [5.74, 6) is -0.887. The van der Waals surface area contributed by atoms with Gasteiger partial charge in [0.1, 0.15) is 0 Å². The highest BCUT2D eigenvalue weighted by atomic mass is 28.4. The maximum atomic E-state index is 10.8. The maximum absolute atomic E-state index is 10.8. The van der Waals surface area contributed by atoms with E-state index in [2.05, 4.69) is 32.7 Å². The Kier molecular flexibility index (Phi) is 3.96. The molecule has 17 heavy (non-hydrogen) atoms. The van der Waals surface area contributed by atoms with Crippen LogP contribution in [-0.2, 0) is 4.12 Å². The van der Waals surface area contributed by atoms with E-state index in [1.54, 1.807) is 12.1 Å². The van der Waals surface area contributed by atoms with Crippen molar-refractivity contribution in [1.29, 1.82) is 0 Å². The minimum absolute atomic E-state index is 0.326. The molecule has 5 heteroatoms. The molecule has 94 valence electrons. The van der Waals surface area contributed by atoms with Crippen LogP contribution in [0.2, 0.25) is 32.7 Å². The van der Waals surface area contributed by atoms with Crippen molar-refractivity contribution in [3.63, 3.8) is 0 Å². The van der Waals surface area contributed by atoms with Crippen LogP contribution in [0.5, 0.6) is 0 Å². The van der Waals surface area contributed by atoms with Crippen molar-refractivity contribution in [1.82, 2.24) is 0 Å². The minimum Gasteiger partial charge on any atom is -0.478 e. The second kappa shape index (κ2) is 4.76. The summed E-state index contributed by atoms with van der Waals surface area (Å²) >= 11 is 0. The first-order valence-corrected chi connectivity index (χ1v) is 12.0. The molecular formula is C12H20O3Si2. The molecular weight excluding hydrogens is 248 g/mol. The van der Waals surface area contributed by atoms with Crippen LogP contribution in [0.25, 0.3) is 0 Å². The molecule has 0 amide bonds. The molecule has 0 saturated carbocycles. The molecule has 0 aliphatic rings. The lowest BCUT2D eigenvalue weighted by Gasteiger charge is -2.31. The molecule has 1 aromatic rings. The molecule has 1 aromatic carbocycles. The number of carbonyl (C=O) groups is 1. The molecule has 0 aliphatic carbocycles. The second-order valence-electron chi connectivity index (χ2n) is 5.61. The van der Waals surface area contributed by atoms with Gasteiger partial charge in [0.05, 0.1) is 5.56 Å². The first-order valence-electron chi connectivity index (χ1n) is 5.66. The fourth-order valence-electron chi connectivity index (χ4n) is 1.84. The molecule has 1 rings (SSSR count). The van der Waals surface area contributed by atoms with Gasteiger partial charge in [0.25, 0.3) is 0 Å². The lowest BCUT2D eigenvalue weighted by Crippen LogP contribution is -2.51. The van der Waals surface area contributed by atoms with Crippen molar-refractivity contribution in [2.75, 3.05) is 0 Å². The molecule has 0 aromatic heterocycles. The first-order chi connectivity index (χ1) is 7.62. The van der Waals surface area contributed by atoms with Gasteiger partial charge in [-0.05, 0) is 50.1 Å². The highest BCUT2D eigenvalue weighted by Gasteiger charge is 2.31. The van der Waals surface area contributed by atoms with Crippen LogP contribution in [0.15, 0.2) is 24.3 Å². The third kappa shape index (κ3) is 4.10. The summed E-state index contributed by atoms with van der Waals surface area (Å²) in [5, 5.41) is 10.00. The van der Waals surface area contributed by atoms with Gasteiger partial charge in [-0.3, -0.25) is 0 Å². The van der Waals surface area contributed by atoms with Gasteiger partial charge in [0.15, 0.2) is 8.32 Å². The van der Waals surface area contributed by atoms with Gasteiger partial charge in [0.2, 0.25) is 8.32 Å². The van der Waals surface area contributed by atoms with Gasteiger partial charge in [0, 0.05) is 0 Å². The lowest BCUT2D eigenvalue weighted by atomic mass is 10.2. The summed E-state index contributed by atoms with van der Waals surface area (Å²) in [7, 11) is -3.47. The summed E-state index contributed by atoms with van der Waals surface area (Å²) in [4.78, 5) is 10.8. The Hall–Kier alpha value is -0.916. The van der Waals surface area contributed by atoms with E-state index in [0.29, 0.717) is 5.56 Å². The number of carboxylic acid groups (broad SMARTS) is 1. The van der Waals surface area contributed by atoms with Crippen molar-refractivity contribution >= 4 is 27.8 Å². The highest BCUT2D eigenvalue weighted by Crippen LogP contribution is 2.14. The van der Waals surface area contributed by atoms with E-state index in [1.165, 1.54) is 0 Å². The Balaban J connectivity index is 2.96. The van der Waals surface area contributed by atoms with E-state index >= 15 is 0 Å². The average Bonchev–Trinajstić information content (AvgIpc) is 2.14. The van der Waals surface area contributed by atoms with Gasteiger partial charge in [-0.2, -0.15) is 0 Å². The van der Waals surface area contributed by atoms with Crippen LogP contribution < -0.4 is 5.19 Å². The minimum atomic E-state index is -1.90. The van der Waals surface area contributed by atoms with Crippen LogP contribution in [0.4, 0.5) is 0 Å². The number of carboxylic acids is 1. The van der Waals surface area contributed by atoms with Crippen LogP contribution in [0.3, 0.4) is 0 Å². The van der Waals surface area contributed by atoms with E-state index < -0.39 is 22.6 Å². The third-order valence-electron chi connectivity index (χ3n) is 2.39. The predicted molar refractivity (Wildman–Crippen MR) is 74.9 cm³/mol. The summed E-state index contributed by atoms with van der Waals surface area (Å²) in [5.41, 5.74) is 0.326. The third-order valence-corrected chi connectivity index (χ3v) is 8.60. The molecule has 0 radical (unpaired) electrons. The molecule has 1 N–H and O–H groups in total. The summed E-state index contributed by atoms with van der Waals surface area (Å²) in [6.07, 6.45) is 0. The second-order valence-corrected chi connectivity index (χ2v) is 14.2. The summed E-state index contributed by atoms with van der Waals surface area (Å²) in [6.45, 7) is 10.8. The van der Waals surface area contributed by atoms with E-state index in [9.17, 15) is 4.79 Å². The van der Waals surface area contributed by atoms with Crippen molar-refractivity contribution in [2.24, 2.45) is 0 Å². The zero-order valence-electron chi connectivity index (χ0n) is 11.1. The highest BCUT2D eigenvalue weighted by molar-refractivity contribution is 6.92. The number of hydrogen-bond acceptors (Lipinski definition) is 2. The smallest absolute Gasteiger partial charge is 0.335 e. The predicted octanol–water partition coefficient (Wildman–Crippen LogP) is 2.65. The zero-order valence-corrected chi connectivity index (χ0v) is 13.1.